The molecule has 0 aliphatic carbocycles. The Morgan fingerprint density at radius 3 is 2.33 bits per heavy atom. The summed E-state index contributed by atoms with van der Waals surface area (Å²) in [6.45, 7) is 0. The van der Waals surface area contributed by atoms with E-state index < -0.39 is 5.69 Å². The highest BCUT2D eigenvalue weighted by molar-refractivity contribution is 8.67. The fourth-order valence-corrected chi connectivity index (χ4v) is 3.44. The van der Waals surface area contributed by atoms with Gasteiger partial charge in [-0.15, -0.1) is 0 Å². The summed E-state index contributed by atoms with van der Waals surface area (Å²) in [5.74, 6) is 0.599. The van der Waals surface area contributed by atoms with Crippen LogP contribution in [0.25, 0.3) is 0 Å². The topological polar surface area (TPSA) is 18.5 Å². The van der Waals surface area contributed by atoms with Gasteiger partial charge in [-0.25, -0.2) is 0 Å². The van der Waals surface area contributed by atoms with Gasteiger partial charge >= 0.3 is 0 Å². The molecule has 0 aliphatic heterocycles. The normalized spacial score (nSPS) is 11.3. The van der Waals surface area contributed by atoms with Crippen LogP contribution < -0.4 is 0 Å². The van der Waals surface area contributed by atoms with Crippen LogP contribution in [-0.4, -0.2) is 20.0 Å². The molecular weight excluding hydrogens is 258 g/mol. The first-order valence-electron chi connectivity index (χ1n) is 2.91. The monoisotopic (exact) mass is 266 g/mol. The minimum Gasteiger partial charge on any atom is -0.325 e. The largest absolute Gasteiger partial charge is 0.325 e. The van der Waals surface area contributed by atoms with E-state index in [4.69, 9.17) is 44.1 Å². The minimum absolute atomic E-state index is 0.233. The van der Waals surface area contributed by atoms with Crippen LogP contribution in [0.5, 0.6) is 0 Å². The molecule has 7 heteroatoms. The smallest absolute Gasteiger partial charge is 0.247 e. The third-order valence-electron chi connectivity index (χ3n) is 0.917. The summed E-state index contributed by atoms with van der Waals surface area (Å²) in [5, 5.41) is 0. The molecule has 0 N–H and O–H groups in total. The Labute approximate surface area is 91.5 Å². The lowest BCUT2D eigenvalue weighted by atomic mass is 10.8. The lowest BCUT2D eigenvalue weighted by Crippen LogP contribution is -1.83. The first-order valence-corrected chi connectivity index (χ1v) is 7.90. The quantitative estimate of drug-likeness (QED) is 0.709. The van der Waals surface area contributed by atoms with Crippen molar-refractivity contribution in [1.82, 2.24) is 0 Å². The Kier molecular flexibility index (Phi) is 7.35. The van der Waals surface area contributed by atoms with Gasteiger partial charge in [0.15, 0.2) is 0 Å². The lowest BCUT2D eigenvalue weighted by Gasteiger charge is -2.14. The Morgan fingerprint density at radius 2 is 2.00 bits per heavy atom. The highest BCUT2D eigenvalue weighted by Crippen LogP contribution is 2.59. The van der Waals surface area contributed by atoms with Crippen molar-refractivity contribution in [3.8, 4) is 0 Å². The van der Waals surface area contributed by atoms with Gasteiger partial charge in [-0.1, -0.05) is 34.6 Å². The fraction of sp³-hybridized carbons (Fsp3) is 0.600. The Morgan fingerprint density at radius 1 is 1.50 bits per heavy atom. The van der Waals surface area contributed by atoms with Gasteiger partial charge in [-0.05, 0) is 17.9 Å². The zero-order chi connectivity index (χ0) is 9.61. The molecule has 0 saturated carbocycles. The van der Waals surface area contributed by atoms with Crippen molar-refractivity contribution in [2.24, 2.45) is 0 Å². The van der Waals surface area contributed by atoms with Crippen LogP contribution in [0.3, 0.4) is 0 Å². The van der Waals surface area contributed by atoms with E-state index in [1.165, 1.54) is 25.6 Å². The van der Waals surface area contributed by atoms with Crippen molar-refractivity contribution in [3.05, 3.63) is 10.6 Å². The lowest BCUT2D eigenvalue weighted by molar-refractivity contribution is 0.354. The molecule has 0 rings (SSSR count). The maximum absolute atomic E-state index is 5.40. The summed E-state index contributed by atoms with van der Waals surface area (Å²) in [7, 11) is 3.06. The first kappa shape index (κ1) is 13.2. The molecule has 0 fully saturated rings. The van der Waals surface area contributed by atoms with Gasteiger partial charge in [0.25, 0.3) is 0 Å². The molecule has 0 radical (unpaired) electrons. The molecule has 0 aromatic carbocycles. The summed E-state index contributed by atoms with van der Waals surface area (Å²) in [5.41, 5.74) is -2.15. The highest BCUT2D eigenvalue weighted by Gasteiger charge is 2.14. The van der Waals surface area contributed by atoms with E-state index in [1.54, 1.807) is 6.08 Å². The molecule has 0 spiro atoms. The third-order valence-corrected chi connectivity index (χ3v) is 6.89. The first-order chi connectivity index (χ1) is 5.54. The second-order valence-electron chi connectivity index (χ2n) is 1.60. The van der Waals surface area contributed by atoms with Gasteiger partial charge < -0.3 is 9.05 Å². The Hall–Kier alpha value is 1.24. The highest BCUT2D eigenvalue weighted by atomic mass is 35.5. The molecule has 2 nitrogen and oxygen atoms in total. The molecule has 0 unspecified atom stereocenters. The molecular formula is C5H9Cl2O2PS2. The predicted molar refractivity (Wildman–Crippen MR) is 60.6 cm³/mol. The van der Waals surface area contributed by atoms with E-state index in [1.807, 2.05) is 0 Å². The van der Waals surface area contributed by atoms with Gasteiger partial charge in [0, 0.05) is 20.0 Å². The van der Waals surface area contributed by atoms with Crippen molar-refractivity contribution in [2.45, 2.75) is 0 Å². The van der Waals surface area contributed by atoms with Crippen LogP contribution in [0.1, 0.15) is 0 Å². The van der Waals surface area contributed by atoms with Crippen LogP contribution in [0, 0.1) is 0 Å². The standard InChI is InChI=1S/C5H9Cl2O2PS2/c1-8-10(11,9-2)12-4-3-5(6)7/h3H,4H2,1-2H3. The van der Waals surface area contributed by atoms with E-state index in [2.05, 4.69) is 0 Å². The van der Waals surface area contributed by atoms with Gasteiger partial charge in [-0.2, -0.15) is 0 Å². The average molecular weight is 267 g/mol. The number of hydrogen-bond donors (Lipinski definition) is 0. The summed E-state index contributed by atoms with van der Waals surface area (Å²) >= 11 is 17.3. The van der Waals surface area contributed by atoms with Gasteiger partial charge in [-0.3, -0.25) is 0 Å². The van der Waals surface area contributed by atoms with Crippen molar-refractivity contribution in [3.63, 3.8) is 0 Å². The van der Waals surface area contributed by atoms with Crippen molar-refractivity contribution in [2.75, 3.05) is 20.0 Å². The second kappa shape index (κ2) is 6.66. The zero-order valence-corrected chi connectivity index (χ0v) is 10.7. The molecule has 12 heavy (non-hydrogen) atoms. The number of hydrogen-bond acceptors (Lipinski definition) is 4. The van der Waals surface area contributed by atoms with Crippen LogP contribution in [0.2, 0.25) is 0 Å². The molecule has 0 aliphatic rings. The zero-order valence-electron chi connectivity index (χ0n) is 6.62. The molecule has 0 bridgehead atoms. The van der Waals surface area contributed by atoms with Crippen molar-refractivity contribution in [1.29, 1.82) is 0 Å². The minimum atomic E-state index is -2.15. The molecule has 72 valence electrons. The SMILES string of the molecule is COP(=S)(OC)SCC=C(Cl)Cl. The molecule has 0 amide bonds. The van der Waals surface area contributed by atoms with Crippen LogP contribution in [0.15, 0.2) is 10.6 Å². The second-order valence-corrected chi connectivity index (χ2v) is 9.18. The molecule has 0 saturated heterocycles. The Balaban J connectivity index is 3.90. The van der Waals surface area contributed by atoms with E-state index in [-0.39, 0.29) is 4.49 Å². The number of halogens is 2. The van der Waals surface area contributed by atoms with E-state index in [0.717, 1.165) is 0 Å². The van der Waals surface area contributed by atoms with Gasteiger partial charge in [0.2, 0.25) is 5.69 Å². The molecule has 0 heterocycles. The maximum Gasteiger partial charge on any atom is 0.247 e. The third kappa shape index (κ3) is 5.81. The van der Waals surface area contributed by atoms with Crippen LogP contribution >= 0.6 is 40.3 Å². The average Bonchev–Trinajstić information content (AvgIpc) is 2.03. The van der Waals surface area contributed by atoms with Crippen LogP contribution in [-0.2, 0) is 20.9 Å². The summed E-state index contributed by atoms with van der Waals surface area (Å²) in [4.78, 5) is 0. The maximum atomic E-state index is 5.40. The summed E-state index contributed by atoms with van der Waals surface area (Å²) in [6.07, 6.45) is 1.65. The Bertz CT molecular complexity index is 198. The fourth-order valence-electron chi connectivity index (χ4n) is 0.371. The van der Waals surface area contributed by atoms with Crippen molar-refractivity contribution >= 4 is 52.1 Å². The molecule has 0 aromatic heterocycles. The molecule has 0 aromatic rings. The van der Waals surface area contributed by atoms with E-state index in [0.29, 0.717) is 5.75 Å². The van der Waals surface area contributed by atoms with Crippen molar-refractivity contribution < 1.29 is 9.05 Å². The van der Waals surface area contributed by atoms with E-state index in [9.17, 15) is 0 Å². The van der Waals surface area contributed by atoms with Crippen LogP contribution in [0.4, 0.5) is 0 Å². The number of rotatable bonds is 5. The van der Waals surface area contributed by atoms with Gasteiger partial charge in [0.1, 0.15) is 4.49 Å². The summed E-state index contributed by atoms with van der Waals surface area (Å²) < 4.78 is 10.3. The predicted octanol–water partition coefficient (Wildman–Crippen LogP) is 3.56. The van der Waals surface area contributed by atoms with Gasteiger partial charge in [0.05, 0.1) is 0 Å². The molecule has 0 atom stereocenters. The summed E-state index contributed by atoms with van der Waals surface area (Å²) in [6, 6.07) is 0. The van der Waals surface area contributed by atoms with E-state index >= 15 is 0 Å².